The summed E-state index contributed by atoms with van der Waals surface area (Å²) in [6.07, 6.45) is 5.31. The lowest BCUT2D eigenvalue weighted by Crippen LogP contribution is -2.45. The molecule has 2 aromatic carbocycles. The molecule has 5 nitrogen and oxygen atoms in total. The van der Waals surface area contributed by atoms with Crippen LogP contribution < -0.4 is 4.74 Å². The molecule has 0 aliphatic carbocycles. The van der Waals surface area contributed by atoms with Crippen molar-refractivity contribution >= 4 is 16.8 Å². The first-order valence-electron chi connectivity index (χ1n) is 11.2. The summed E-state index contributed by atoms with van der Waals surface area (Å²) in [5.74, 6) is 1.03. The summed E-state index contributed by atoms with van der Waals surface area (Å²) in [5.41, 5.74) is 4.60. The molecule has 0 spiro atoms. The van der Waals surface area contributed by atoms with Crippen LogP contribution in [0.1, 0.15) is 31.2 Å². The monoisotopic (exact) mass is 416 g/mol. The molecule has 0 radical (unpaired) electrons. The number of carbonyl (C=O) groups excluding carboxylic acids is 1. The highest BCUT2D eigenvalue weighted by Gasteiger charge is 2.31. The van der Waals surface area contributed by atoms with Gasteiger partial charge in [0.05, 0.1) is 5.52 Å². The van der Waals surface area contributed by atoms with Crippen LogP contribution in [-0.2, 0) is 9.53 Å². The number of aromatic nitrogens is 1. The zero-order chi connectivity index (χ0) is 21.2. The molecule has 1 amide bonds. The Bertz CT molecular complexity index is 1070. The SMILES string of the molecule is Cc1cc2cccnc2cc1-c1ccc(OC2CCN(C(=O)[C@H]3CCCO3)CC2)cc1. The third kappa shape index (κ3) is 4.28. The normalized spacial score (nSPS) is 19.6. The lowest BCUT2D eigenvalue weighted by Gasteiger charge is -2.33. The van der Waals surface area contributed by atoms with Gasteiger partial charge in [0.2, 0.25) is 0 Å². The molecule has 5 rings (SSSR count). The van der Waals surface area contributed by atoms with Crippen LogP contribution in [0.2, 0.25) is 0 Å². The van der Waals surface area contributed by atoms with E-state index in [9.17, 15) is 4.79 Å². The number of pyridine rings is 1. The molecule has 2 aliphatic heterocycles. The van der Waals surface area contributed by atoms with Gasteiger partial charge >= 0.3 is 0 Å². The van der Waals surface area contributed by atoms with E-state index >= 15 is 0 Å². The van der Waals surface area contributed by atoms with Crippen molar-refractivity contribution in [2.24, 2.45) is 0 Å². The van der Waals surface area contributed by atoms with E-state index in [0.717, 1.165) is 61.0 Å². The number of nitrogens with zero attached hydrogens (tertiary/aromatic N) is 2. The molecular formula is C26H28N2O3. The molecule has 3 aromatic rings. The Hall–Kier alpha value is -2.92. The number of carbonyl (C=O) groups is 1. The van der Waals surface area contributed by atoms with Crippen molar-refractivity contribution in [3.8, 4) is 16.9 Å². The highest BCUT2D eigenvalue weighted by atomic mass is 16.5. The quantitative estimate of drug-likeness (QED) is 0.615. The number of rotatable bonds is 4. The van der Waals surface area contributed by atoms with E-state index in [1.165, 1.54) is 11.1 Å². The van der Waals surface area contributed by atoms with E-state index in [2.05, 4.69) is 42.2 Å². The van der Waals surface area contributed by atoms with E-state index in [0.29, 0.717) is 6.61 Å². The number of aryl methyl sites for hydroxylation is 1. The Morgan fingerprint density at radius 2 is 1.90 bits per heavy atom. The smallest absolute Gasteiger partial charge is 0.251 e. The number of benzene rings is 2. The zero-order valence-electron chi connectivity index (χ0n) is 17.9. The Morgan fingerprint density at radius 1 is 1.10 bits per heavy atom. The summed E-state index contributed by atoms with van der Waals surface area (Å²) in [6.45, 7) is 4.33. The maximum atomic E-state index is 12.5. The van der Waals surface area contributed by atoms with Crippen molar-refractivity contribution in [2.45, 2.75) is 44.8 Å². The number of ether oxygens (including phenoxy) is 2. The maximum absolute atomic E-state index is 12.5. The molecule has 2 saturated heterocycles. The van der Waals surface area contributed by atoms with Crippen molar-refractivity contribution in [3.63, 3.8) is 0 Å². The second-order valence-corrected chi connectivity index (χ2v) is 8.53. The van der Waals surface area contributed by atoms with Crippen LogP contribution in [-0.4, -0.2) is 47.7 Å². The summed E-state index contributed by atoms with van der Waals surface area (Å²) >= 11 is 0. The predicted octanol–water partition coefficient (Wildman–Crippen LogP) is 4.76. The first-order valence-corrected chi connectivity index (χ1v) is 11.2. The van der Waals surface area contributed by atoms with Crippen LogP contribution >= 0.6 is 0 Å². The lowest BCUT2D eigenvalue weighted by molar-refractivity contribution is -0.142. The molecule has 0 unspecified atom stereocenters. The minimum absolute atomic E-state index is 0.144. The third-order valence-corrected chi connectivity index (χ3v) is 6.38. The van der Waals surface area contributed by atoms with E-state index in [1.807, 2.05) is 29.3 Å². The Balaban J connectivity index is 1.21. The third-order valence-electron chi connectivity index (χ3n) is 6.38. The summed E-state index contributed by atoms with van der Waals surface area (Å²) in [6, 6.07) is 16.7. The predicted molar refractivity (Wildman–Crippen MR) is 121 cm³/mol. The van der Waals surface area contributed by atoms with Gasteiger partial charge in [-0.1, -0.05) is 18.2 Å². The molecule has 0 bridgehead atoms. The molecule has 1 atom stereocenters. The second-order valence-electron chi connectivity index (χ2n) is 8.53. The summed E-state index contributed by atoms with van der Waals surface area (Å²) < 4.78 is 11.8. The van der Waals surface area contributed by atoms with Crippen molar-refractivity contribution in [3.05, 3.63) is 60.3 Å². The number of likely N-dealkylation sites (tertiary alicyclic amines) is 1. The van der Waals surface area contributed by atoms with Crippen LogP contribution in [0.3, 0.4) is 0 Å². The average molecular weight is 417 g/mol. The van der Waals surface area contributed by atoms with Crippen LogP contribution in [0.5, 0.6) is 5.75 Å². The molecule has 2 fully saturated rings. The van der Waals surface area contributed by atoms with Gasteiger partial charge in [-0.05, 0) is 66.8 Å². The first-order chi connectivity index (χ1) is 15.2. The van der Waals surface area contributed by atoms with E-state index in [1.54, 1.807) is 0 Å². The topological polar surface area (TPSA) is 51.7 Å². The highest BCUT2D eigenvalue weighted by Crippen LogP contribution is 2.30. The maximum Gasteiger partial charge on any atom is 0.251 e. The van der Waals surface area contributed by atoms with Gasteiger partial charge in [0.1, 0.15) is 18.0 Å². The van der Waals surface area contributed by atoms with Gasteiger partial charge in [0.15, 0.2) is 0 Å². The van der Waals surface area contributed by atoms with Gasteiger partial charge in [-0.2, -0.15) is 0 Å². The van der Waals surface area contributed by atoms with Gasteiger partial charge in [0, 0.05) is 44.1 Å². The standard InChI is InChI=1S/C26H28N2O3/c1-18-16-20-4-2-12-27-24(20)17-23(18)19-6-8-21(9-7-19)31-22-10-13-28(14-11-22)26(29)25-5-3-15-30-25/h2,4,6-9,12,16-17,22,25H,3,5,10-11,13-15H2,1H3/t25-/m1/s1. The van der Waals surface area contributed by atoms with E-state index < -0.39 is 0 Å². The molecule has 0 N–H and O–H groups in total. The summed E-state index contributed by atoms with van der Waals surface area (Å²) in [5, 5.41) is 1.16. The van der Waals surface area contributed by atoms with Crippen molar-refractivity contribution in [1.29, 1.82) is 0 Å². The molecular weight excluding hydrogens is 388 g/mol. The van der Waals surface area contributed by atoms with Crippen molar-refractivity contribution in [2.75, 3.05) is 19.7 Å². The Labute approximate surface area is 183 Å². The molecule has 160 valence electrons. The fourth-order valence-corrected chi connectivity index (χ4v) is 4.62. The van der Waals surface area contributed by atoms with Gasteiger partial charge < -0.3 is 14.4 Å². The lowest BCUT2D eigenvalue weighted by atomic mass is 9.98. The minimum atomic E-state index is -0.223. The molecule has 3 heterocycles. The fraction of sp³-hybridized carbons (Fsp3) is 0.385. The van der Waals surface area contributed by atoms with Crippen molar-refractivity contribution < 1.29 is 14.3 Å². The molecule has 2 aliphatic rings. The van der Waals surface area contributed by atoms with Gasteiger partial charge in [-0.15, -0.1) is 0 Å². The molecule has 1 aromatic heterocycles. The highest BCUT2D eigenvalue weighted by molar-refractivity contribution is 5.86. The number of hydrogen-bond acceptors (Lipinski definition) is 4. The van der Waals surface area contributed by atoms with Crippen LogP contribution in [0.4, 0.5) is 0 Å². The largest absolute Gasteiger partial charge is 0.490 e. The Morgan fingerprint density at radius 3 is 2.65 bits per heavy atom. The van der Waals surface area contributed by atoms with Gasteiger partial charge in [-0.3, -0.25) is 9.78 Å². The second kappa shape index (κ2) is 8.67. The van der Waals surface area contributed by atoms with E-state index in [-0.39, 0.29) is 18.1 Å². The van der Waals surface area contributed by atoms with E-state index in [4.69, 9.17) is 9.47 Å². The van der Waals surface area contributed by atoms with Crippen molar-refractivity contribution in [1.82, 2.24) is 9.88 Å². The number of piperidine rings is 1. The molecule has 31 heavy (non-hydrogen) atoms. The van der Waals surface area contributed by atoms with Crippen LogP contribution in [0.15, 0.2) is 54.7 Å². The average Bonchev–Trinajstić information content (AvgIpc) is 3.34. The van der Waals surface area contributed by atoms with Crippen LogP contribution in [0, 0.1) is 6.92 Å². The number of amides is 1. The summed E-state index contributed by atoms with van der Waals surface area (Å²) in [4.78, 5) is 18.9. The molecule has 0 saturated carbocycles. The minimum Gasteiger partial charge on any atom is -0.490 e. The van der Waals surface area contributed by atoms with Crippen LogP contribution in [0.25, 0.3) is 22.0 Å². The van der Waals surface area contributed by atoms with Gasteiger partial charge in [-0.25, -0.2) is 0 Å². The summed E-state index contributed by atoms with van der Waals surface area (Å²) in [7, 11) is 0. The first kappa shape index (κ1) is 20.0. The zero-order valence-corrected chi connectivity index (χ0v) is 17.9. The van der Waals surface area contributed by atoms with Gasteiger partial charge in [0.25, 0.3) is 5.91 Å². The number of hydrogen-bond donors (Lipinski definition) is 0. The molecule has 5 heteroatoms. The number of fused-ring (bicyclic) bond motifs is 1. The Kier molecular flexibility index (Phi) is 5.60. The fourth-order valence-electron chi connectivity index (χ4n) is 4.62.